The van der Waals surface area contributed by atoms with Crippen LogP contribution in [0.1, 0.15) is 47.4 Å². The van der Waals surface area contributed by atoms with E-state index in [9.17, 15) is 23.1 Å². The number of hydrogen-bond acceptors (Lipinski definition) is 4. The van der Waals surface area contributed by atoms with Crippen LogP contribution in [0, 0.1) is 0 Å². The molecule has 1 aliphatic carbocycles. The number of benzene rings is 3. The monoisotopic (exact) mass is 537 g/mol. The van der Waals surface area contributed by atoms with Crippen LogP contribution >= 0.6 is 0 Å². The van der Waals surface area contributed by atoms with Gasteiger partial charge in [-0.2, -0.15) is 13.2 Å². The van der Waals surface area contributed by atoms with E-state index in [1.165, 1.54) is 6.07 Å². The molecule has 2 fully saturated rings. The molecule has 6 rings (SSSR count). The lowest BCUT2D eigenvalue weighted by Gasteiger charge is -2.51. The summed E-state index contributed by atoms with van der Waals surface area (Å²) in [6.45, 7) is 0.780. The summed E-state index contributed by atoms with van der Waals surface area (Å²) in [5.41, 5.74) is 3.32. The number of rotatable bonds is 5. The summed E-state index contributed by atoms with van der Waals surface area (Å²) in [6.07, 6.45) is -3.64. The van der Waals surface area contributed by atoms with Crippen LogP contribution in [0.2, 0.25) is 0 Å². The van der Waals surface area contributed by atoms with Crippen LogP contribution in [0.5, 0.6) is 0 Å². The number of amides is 1. The van der Waals surface area contributed by atoms with Crippen molar-refractivity contribution in [3.05, 3.63) is 95.1 Å². The second kappa shape index (κ2) is 9.99. The van der Waals surface area contributed by atoms with Crippen LogP contribution in [0.3, 0.4) is 0 Å². The molecular formula is C31H30F3NO4. The Hall–Kier alpha value is -3.36. The zero-order valence-corrected chi connectivity index (χ0v) is 21.4. The first-order valence-corrected chi connectivity index (χ1v) is 13.3. The summed E-state index contributed by atoms with van der Waals surface area (Å²) in [6, 6.07) is 20.8. The summed E-state index contributed by atoms with van der Waals surface area (Å²) >= 11 is 0. The third-order valence-corrected chi connectivity index (χ3v) is 8.32. The first-order valence-electron chi connectivity index (χ1n) is 13.3. The maximum absolute atomic E-state index is 13.4. The lowest BCUT2D eigenvalue weighted by atomic mass is 9.78. The fourth-order valence-electron chi connectivity index (χ4n) is 6.52. The van der Waals surface area contributed by atoms with Crippen molar-refractivity contribution in [1.29, 1.82) is 0 Å². The minimum Gasteiger partial charge on any atom is -0.448 e. The van der Waals surface area contributed by atoms with E-state index >= 15 is 0 Å². The first-order chi connectivity index (χ1) is 18.7. The van der Waals surface area contributed by atoms with Gasteiger partial charge >= 0.3 is 12.3 Å². The number of hydrogen-bond donors (Lipinski definition) is 1. The molecule has 2 saturated heterocycles. The highest BCUT2D eigenvalue weighted by Crippen LogP contribution is 2.45. The average molecular weight is 538 g/mol. The third kappa shape index (κ3) is 5.03. The molecule has 2 atom stereocenters. The lowest BCUT2D eigenvalue weighted by molar-refractivity contribution is -0.137. The zero-order chi connectivity index (χ0) is 27.2. The number of piperidine rings is 1. The summed E-state index contributed by atoms with van der Waals surface area (Å²) in [4.78, 5) is 15.1. The Morgan fingerprint density at radius 1 is 0.949 bits per heavy atom. The van der Waals surface area contributed by atoms with Crippen molar-refractivity contribution in [2.45, 2.75) is 55.5 Å². The number of carbonyl (C=O) groups is 1. The molecule has 0 spiro atoms. The van der Waals surface area contributed by atoms with E-state index in [-0.39, 0.29) is 50.7 Å². The van der Waals surface area contributed by atoms with Crippen LogP contribution < -0.4 is 0 Å². The number of halogens is 3. The molecule has 204 valence electrons. The van der Waals surface area contributed by atoms with Crippen LogP contribution in [0.15, 0.2) is 72.8 Å². The molecule has 5 nitrogen and oxygen atoms in total. The normalized spacial score (nSPS) is 24.3. The quantitative estimate of drug-likeness (QED) is 0.422. The molecule has 3 aromatic rings. The molecular weight excluding hydrogens is 507 g/mol. The molecule has 39 heavy (non-hydrogen) atoms. The van der Waals surface area contributed by atoms with Gasteiger partial charge in [0.2, 0.25) is 0 Å². The van der Waals surface area contributed by atoms with Gasteiger partial charge in [0, 0.05) is 5.92 Å². The van der Waals surface area contributed by atoms with Crippen molar-refractivity contribution < 1.29 is 32.5 Å². The third-order valence-electron chi connectivity index (χ3n) is 8.32. The maximum Gasteiger partial charge on any atom is 0.416 e. The van der Waals surface area contributed by atoms with Crippen LogP contribution in [0.25, 0.3) is 11.1 Å². The number of ether oxygens (including phenoxy) is 2. The molecule has 0 aromatic heterocycles. The highest BCUT2D eigenvalue weighted by Gasteiger charge is 2.48. The van der Waals surface area contributed by atoms with E-state index in [2.05, 4.69) is 24.3 Å². The van der Waals surface area contributed by atoms with Crippen molar-refractivity contribution in [2.75, 3.05) is 19.8 Å². The number of alkyl halides is 3. The van der Waals surface area contributed by atoms with Crippen molar-refractivity contribution >= 4 is 6.09 Å². The van der Waals surface area contributed by atoms with Crippen molar-refractivity contribution in [3.8, 4) is 11.1 Å². The van der Waals surface area contributed by atoms with Gasteiger partial charge < -0.3 is 14.6 Å². The molecule has 1 amide bonds. The molecule has 3 aliphatic rings. The van der Waals surface area contributed by atoms with Gasteiger partial charge in [-0.05, 0) is 59.6 Å². The average Bonchev–Trinajstić information content (AvgIpc) is 3.23. The van der Waals surface area contributed by atoms with Crippen molar-refractivity contribution in [3.63, 3.8) is 0 Å². The summed E-state index contributed by atoms with van der Waals surface area (Å²) < 4.78 is 50.9. The zero-order valence-electron chi connectivity index (χ0n) is 21.4. The Balaban J connectivity index is 1.12. The minimum atomic E-state index is -4.41. The second-order valence-electron chi connectivity index (χ2n) is 10.9. The number of morpholine rings is 1. The minimum absolute atomic E-state index is 0.0494. The van der Waals surface area contributed by atoms with Gasteiger partial charge in [-0.1, -0.05) is 66.7 Å². The molecule has 0 saturated carbocycles. The fourth-order valence-corrected chi connectivity index (χ4v) is 6.52. The molecule has 1 N–H and O–H groups in total. The highest BCUT2D eigenvalue weighted by atomic mass is 19.4. The standard InChI is InChI=1S/C31H30F3NO4/c32-31(33,34)21-7-5-6-20(14-21)12-13-30(37)15-22-17-38-18-23(16-30)35(22)29(36)39-19-28-26-10-3-1-8-24(26)25-9-2-4-11-27(25)28/h1-11,14,22-23,28,37H,12-13,15-19H2. The number of aliphatic hydroxyl groups is 1. The summed E-state index contributed by atoms with van der Waals surface area (Å²) in [5, 5.41) is 11.4. The number of nitrogens with zero attached hydrogens (tertiary/aromatic N) is 1. The van der Waals surface area contributed by atoms with E-state index < -0.39 is 23.4 Å². The molecule has 0 radical (unpaired) electrons. The maximum atomic E-state index is 13.4. The number of carbonyl (C=O) groups excluding carboxylic acids is 1. The van der Waals surface area contributed by atoms with Gasteiger partial charge in [0.25, 0.3) is 0 Å². The predicted octanol–water partition coefficient (Wildman–Crippen LogP) is 6.18. The Labute approximate surface area is 225 Å². The van der Waals surface area contributed by atoms with Gasteiger partial charge in [-0.15, -0.1) is 0 Å². The summed E-state index contributed by atoms with van der Waals surface area (Å²) in [7, 11) is 0. The van der Waals surface area contributed by atoms with Crippen LogP contribution in [0.4, 0.5) is 18.0 Å². The first kappa shape index (κ1) is 25.9. The predicted molar refractivity (Wildman–Crippen MR) is 139 cm³/mol. The smallest absolute Gasteiger partial charge is 0.416 e. The Morgan fingerprint density at radius 2 is 1.56 bits per heavy atom. The molecule has 2 aliphatic heterocycles. The van der Waals surface area contributed by atoms with E-state index in [4.69, 9.17) is 9.47 Å². The van der Waals surface area contributed by atoms with E-state index in [0.29, 0.717) is 18.4 Å². The molecule has 8 heteroatoms. The lowest BCUT2D eigenvalue weighted by Crippen LogP contribution is -2.63. The van der Waals surface area contributed by atoms with Crippen molar-refractivity contribution in [1.82, 2.24) is 4.90 Å². The molecule has 2 heterocycles. The van der Waals surface area contributed by atoms with E-state index in [0.717, 1.165) is 34.4 Å². The van der Waals surface area contributed by atoms with Crippen LogP contribution in [-0.2, 0) is 22.1 Å². The van der Waals surface area contributed by atoms with Gasteiger partial charge in [-0.3, -0.25) is 4.90 Å². The van der Waals surface area contributed by atoms with Crippen LogP contribution in [-0.4, -0.2) is 53.6 Å². The fraction of sp³-hybridized carbons (Fsp3) is 0.387. The number of aryl methyl sites for hydroxylation is 1. The van der Waals surface area contributed by atoms with Gasteiger partial charge in [-0.25, -0.2) is 4.79 Å². The second-order valence-corrected chi connectivity index (χ2v) is 10.9. The number of fused-ring (bicyclic) bond motifs is 5. The van der Waals surface area contributed by atoms with E-state index in [1.54, 1.807) is 11.0 Å². The van der Waals surface area contributed by atoms with E-state index in [1.807, 2.05) is 24.3 Å². The molecule has 3 aromatic carbocycles. The Kier molecular flexibility index (Phi) is 6.63. The van der Waals surface area contributed by atoms with Gasteiger partial charge in [0.1, 0.15) is 6.61 Å². The summed E-state index contributed by atoms with van der Waals surface area (Å²) in [5.74, 6) is -0.0494. The van der Waals surface area contributed by atoms with Gasteiger partial charge in [0.15, 0.2) is 0 Å². The molecule has 2 unspecified atom stereocenters. The largest absolute Gasteiger partial charge is 0.448 e. The highest BCUT2D eigenvalue weighted by molar-refractivity contribution is 5.79. The molecule has 2 bridgehead atoms. The SMILES string of the molecule is O=C(OCC1c2ccccc2-c2ccccc21)N1C2COCC1CC(O)(CCc1cccc(C(F)(F)F)c1)C2. The van der Waals surface area contributed by atoms with Gasteiger partial charge in [0.05, 0.1) is 36.5 Å². The Bertz CT molecular complexity index is 1310. The van der Waals surface area contributed by atoms with Crippen molar-refractivity contribution in [2.24, 2.45) is 0 Å². The Morgan fingerprint density at radius 3 is 2.18 bits per heavy atom. The topological polar surface area (TPSA) is 59.0 Å².